The molecular formula is C22H19ClN4O3. The molecular weight excluding hydrogens is 404 g/mol. The minimum absolute atomic E-state index is 0.0223. The second kappa shape index (κ2) is 7.76. The number of Topliss-reactive ketones (excluding diaryl/α,β-unsaturated/α-hetero) is 1. The lowest BCUT2D eigenvalue weighted by Crippen LogP contribution is -2.35. The number of hydrogen-bond donors (Lipinski definition) is 2. The van der Waals surface area contributed by atoms with Crippen molar-refractivity contribution in [3.8, 4) is 11.3 Å². The van der Waals surface area contributed by atoms with E-state index in [1.807, 2.05) is 19.1 Å². The lowest BCUT2D eigenvalue weighted by Gasteiger charge is -2.24. The van der Waals surface area contributed by atoms with Crippen molar-refractivity contribution in [1.82, 2.24) is 9.78 Å². The molecule has 0 radical (unpaired) electrons. The first kappa shape index (κ1) is 19.8. The summed E-state index contributed by atoms with van der Waals surface area (Å²) in [5, 5.41) is 10.9. The fourth-order valence-corrected chi connectivity index (χ4v) is 3.56. The molecule has 1 aliphatic heterocycles. The van der Waals surface area contributed by atoms with Crippen LogP contribution in [0.2, 0.25) is 5.02 Å². The monoisotopic (exact) mass is 422 g/mol. The maximum Gasteiger partial charge on any atom is 0.249 e. The maximum atomic E-state index is 13.0. The predicted molar refractivity (Wildman–Crippen MR) is 115 cm³/mol. The van der Waals surface area contributed by atoms with Crippen LogP contribution in [0, 0.1) is 6.92 Å². The number of ketones is 1. The van der Waals surface area contributed by atoms with Crippen LogP contribution >= 0.6 is 11.6 Å². The van der Waals surface area contributed by atoms with Crippen molar-refractivity contribution in [3.63, 3.8) is 0 Å². The van der Waals surface area contributed by atoms with Gasteiger partial charge < -0.3 is 10.6 Å². The summed E-state index contributed by atoms with van der Waals surface area (Å²) in [5.74, 6) is -0.154. The average molecular weight is 423 g/mol. The Morgan fingerprint density at radius 2 is 1.80 bits per heavy atom. The number of amides is 2. The molecule has 2 heterocycles. The Bertz CT molecular complexity index is 1150. The Balaban J connectivity index is 1.65. The molecule has 0 bridgehead atoms. The van der Waals surface area contributed by atoms with Gasteiger partial charge in [-0.2, -0.15) is 5.10 Å². The Morgan fingerprint density at radius 1 is 1.13 bits per heavy atom. The zero-order valence-electron chi connectivity index (χ0n) is 16.4. The predicted octanol–water partition coefficient (Wildman–Crippen LogP) is 4.24. The summed E-state index contributed by atoms with van der Waals surface area (Å²) in [6.45, 7) is 3.33. The van der Waals surface area contributed by atoms with Gasteiger partial charge in [0, 0.05) is 27.4 Å². The van der Waals surface area contributed by atoms with Crippen molar-refractivity contribution >= 4 is 40.7 Å². The number of nitrogens with zero attached hydrogens (tertiary/aromatic N) is 2. The molecule has 2 aromatic carbocycles. The number of carbonyl (C=O) groups is 3. The SMILES string of the molecule is CC(=O)c1ccc(NC(=O)C2CC(=O)Nc3c(C)c(-c4ccc(Cl)cc4)nn32)cc1. The highest BCUT2D eigenvalue weighted by Crippen LogP contribution is 2.34. The molecule has 3 aromatic rings. The Hall–Kier alpha value is -3.45. The van der Waals surface area contributed by atoms with Crippen molar-refractivity contribution in [3.05, 3.63) is 64.7 Å². The molecule has 0 saturated carbocycles. The number of nitrogens with one attached hydrogen (secondary N) is 2. The third-order valence-corrected chi connectivity index (χ3v) is 5.31. The van der Waals surface area contributed by atoms with Crippen molar-refractivity contribution in [2.45, 2.75) is 26.3 Å². The van der Waals surface area contributed by atoms with E-state index in [0.29, 0.717) is 27.8 Å². The van der Waals surface area contributed by atoms with E-state index in [1.165, 1.54) is 6.92 Å². The van der Waals surface area contributed by atoms with Gasteiger partial charge in [0.25, 0.3) is 0 Å². The summed E-state index contributed by atoms with van der Waals surface area (Å²) in [6, 6.07) is 13.0. The largest absolute Gasteiger partial charge is 0.324 e. The summed E-state index contributed by atoms with van der Waals surface area (Å²) in [6.07, 6.45) is -0.0223. The molecule has 1 unspecified atom stereocenters. The van der Waals surface area contributed by atoms with E-state index in [2.05, 4.69) is 15.7 Å². The smallest absolute Gasteiger partial charge is 0.249 e. The van der Waals surface area contributed by atoms with Crippen LogP contribution in [0.15, 0.2) is 48.5 Å². The molecule has 1 aliphatic rings. The molecule has 0 spiro atoms. The number of carbonyl (C=O) groups excluding carboxylic acids is 3. The van der Waals surface area contributed by atoms with Crippen LogP contribution in [0.4, 0.5) is 11.5 Å². The van der Waals surface area contributed by atoms with Gasteiger partial charge in [0.15, 0.2) is 5.78 Å². The molecule has 30 heavy (non-hydrogen) atoms. The minimum Gasteiger partial charge on any atom is -0.324 e. The van der Waals surface area contributed by atoms with Crippen LogP contribution in [0.3, 0.4) is 0 Å². The topological polar surface area (TPSA) is 93.1 Å². The van der Waals surface area contributed by atoms with Gasteiger partial charge in [0.05, 0.1) is 12.1 Å². The van der Waals surface area contributed by atoms with Crippen LogP contribution in [-0.2, 0) is 9.59 Å². The molecule has 0 aliphatic carbocycles. The van der Waals surface area contributed by atoms with Gasteiger partial charge in [-0.05, 0) is 50.2 Å². The molecule has 0 saturated heterocycles. The molecule has 4 rings (SSSR count). The maximum absolute atomic E-state index is 13.0. The normalized spacial score (nSPS) is 15.3. The van der Waals surface area contributed by atoms with Gasteiger partial charge >= 0.3 is 0 Å². The standard InChI is InChI=1S/C22H19ClN4O3/c1-12-20(15-3-7-16(23)8-4-15)26-27-18(11-19(29)25-21(12)27)22(30)24-17-9-5-14(6-10-17)13(2)28/h3-10,18H,11H2,1-2H3,(H,24,30)(H,25,29). The first-order chi connectivity index (χ1) is 14.3. The van der Waals surface area contributed by atoms with Gasteiger partial charge in [0.2, 0.25) is 11.8 Å². The van der Waals surface area contributed by atoms with Crippen LogP contribution in [0.25, 0.3) is 11.3 Å². The van der Waals surface area contributed by atoms with E-state index in [9.17, 15) is 14.4 Å². The Morgan fingerprint density at radius 3 is 2.43 bits per heavy atom. The van der Waals surface area contributed by atoms with Crippen LogP contribution in [0.5, 0.6) is 0 Å². The minimum atomic E-state index is -0.791. The van der Waals surface area contributed by atoms with E-state index in [4.69, 9.17) is 11.6 Å². The van der Waals surface area contributed by atoms with Gasteiger partial charge in [-0.15, -0.1) is 0 Å². The van der Waals surface area contributed by atoms with Gasteiger partial charge in [-0.3, -0.25) is 14.4 Å². The van der Waals surface area contributed by atoms with Gasteiger partial charge in [0.1, 0.15) is 11.9 Å². The van der Waals surface area contributed by atoms with E-state index >= 15 is 0 Å². The summed E-state index contributed by atoms with van der Waals surface area (Å²) >= 11 is 5.97. The molecule has 2 N–H and O–H groups in total. The van der Waals surface area contributed by atoms with E-state index < -0.39 is 6.04 Å². The van der Waals surface area contributed by atoms with Gasteiger partial charge in [-0.1, -0.05) is 23.7 Å². The highest BCUT2D eigenvalue weighted by Gasteiger charge is 2.34. The number of hydrogen-bond acceptors (Lipinski definition) is 4. The van der Waals surface area contributed by atoms with Crippen molar-refractivity contribution in [1.29, 1.82) is 0 Å². The molecule has 7 nitrogen and oxygen atoms in total. The van der Waals surface area contributed by atoms with Crippen LogP contribution in [0.1, 0.15) is 35.3 Å². The number of rotatable bonds is 4. The Kier molecular flexibility index (Phi) is 5.13. The van der Waals surface area contributed by atoms with Crippen LogP contribution in [-0.4, -0.2) is 27.4 Å². The molecule has 8 heteroatoms. The molecule has 1 atom stereocenters. The quantitative estimate of drug-likeness (QED) is 0.615. The summed E-state index contributed by atoms with van der Waals surface area (Å²) in [4.78, 5) is 36.6. The Labute approximate surface area is 178 Å². The summed E-state index contributed by atoms with van der Waals surface area (Å²) in [5.41, 5.74) is 3.38. The molecule has 152 valence electrons. The fourth-order valence-electron chi connectivity index (χ4n) is 3.44. The van der Waals surface area contributed by atoms with E-state index in [-0.39, 0.29) is 24.0 Å². The summed E-state index contributed by atoms with van der Waals surface area (Å²) in [7, 11) is 0. The first-order valence-corrected chi connectivity index (χ1v) is 9.78. The van der Waals surface area contributed by atoms with Gasteiger partial charge in [-0.25, -0.2) is 4.68 Å². The zero-order valence-corrected chi connectivity index (χ0v) is 17.2. The molecule has 1 aromatic heterocycles. The first-order valence-electron chi connectivity index (χ1n) is 9.40. The van der Waals surface area contributed by atoms with Crippen molar-refractivity contribution in [2.24, 2.45) is 0 Å². The number of benzene rings is 2. The lowest BCUT2D eigenvalue weighted by molar-refractivity contribution is -0.125. The number of anilines is 2. The van der Waals surface area contributed by atoms with E-state index in [0.717, 1.165) is 11.1 Å². The highest BCUT2D eigenvalue weighted by atomic mass is 35.5. The van der Waals surface area contributed by atoms with E-state index in [1.54, 1.807) is 41.1 Å². The number of aromatic nitrogens is 2. The highest BCUT2D eigenvalue weighted by molar-refractivity contribution is 6.30. The lowest BCUT2D eigenvalue weighted by atomic mass is 10.1. The fraction of sp³-hybridized carbons (Fsp3) is 0.182. The van der Waals surface area contributed by atoms with Crippen molar-refractivity contribution < 1.29 is 14.4 Å². The molecule has 0 fully saturated rings. The van der Waals surface area contributed by atoms with Crippen molar-refractivity contribution in [2.75, 3.05) is 10.6 Å². The second-order valence-electron chi connectivity index (χ2n) is 7.16. The summed E-state index contributed by atoms with van der Waals surface area (Å²) < 4.78 is 1.56. The third kappa shape index (κ3) is 3.71. The molecule has 2 amide bonds. The number of fused-ring (bicyclic) bond motifs is 1. The zero-order chi connectivity index (χ0) is 21.4. The third-order valence-electron chi connectivity index (χ3n) is 5.06. The van der Waals surface area contributed by atoms with Crippen LogP contribution < -0.4 is 10.6 Å². The number of halogens is 1. The second-order valence-corrected chi connectivity index (χ2v) is 7.60. The average Bonchev–Trinajstić information content (AvgIpc) is 3.05.